The van der Waals surface area contributed by atoms with Gasteiger partial charge in [-0.1, -0.05) is 6.42 Å². The Morgan fingerprint density at radius 3 is 3.14 bits per heavy atom. The fourth-order valence-electron chi connectivity index (χ4n) is 1.85. The molecular weight excluding hydrogens is 280 g/mol. The van der Waals surface area contributed by atoms with Crippen LogP contribution in [-0.2, 0) is 0 Å². The minimum Gasteiger partial charge on any atom is -0.358 e. The molecule has 1 saturated carbocycles. The Balaban J connectivity index is 1.96. The molecule has 0 saturated heterocycles. The lowest BCUT2D eigenvalue weighted by Gasteiger charge is -2.18. The van der Waals surface area contributed by atoms with Gasteiger partial charge in [0.1, 0.15) is 4.60 Å². The Labute approximate surface area is 101 Å². The number of thioether (sulfide) groups is 1. The lowest BCUT2D eigenvalue weighted by Crippen LogP contribution is -2.25. The molecule has 0 spiro atoms. The molecule has 1 aromatic heterocycles. The first-order valence-electron chi connectivity index (χ1n) is 4.70. The molecular formula is C9H13BrN2S2. The summed E-state index contributed by atoms with van der Waals surface area (Å²) >= 11 is 7.01. The summed E-state index contributed by atoms with van der Waals surface area (Å²) in [6.45, 7) is 0. The van der Waals surface area contributed by atoms with Gasteiger partial charge >= 0.3 is 0 Å². The first kappa shape index (κ1) is 10.8. The zero-order valence-electron chi connectivity index (χ0n) is 8.00. The molecule has 2 nitrogen and oxygen atoms in total. The van der Waals surface area contributed by atoms with Crippen molar-refractivity contribution in [2.75, 3.05) is 11.6 Å². The van der Waals surface area contributed by atoms with Gasteiger partial charge in [-0.2, -0.15) is 11.8 Å². The third-order valence-corrected chi connectivity index (χ3v) is 5.19. The highest BCUT2D eigenvalue weighted by Crippen LogP contribution is 2.31. The maximum absolute atomic E-state index is 4.36. The minimum absolute atomic E-state index is 0.614. The van der Waals surface area contributed by atoms with Gasteiger partial charge in [0.25, 0.3) is 0 Å². The molecule has 2 atom stereocenters. The van der Waals surface area contributed by atoms with Crippen LogP contribution in [-0.4, -0.2) is 22.5 Å². The molecule has 0 radical (unpaired) electrons. The number of nitrogens with zero attached hydrogens (tertiary/aromatic N) is 1. The molecule has 1 aliphatic rings. The second-order valence-corrected chi connectivity index (χ2v) is 6.18. The van der Waals surface area contributed by atoms with Crippen molar-refractivity contribution in [2.24, 2.45) is 0 Å². The summed E-state index contributed by atoms with van der Waals surface area (Å²) in [5.74, 6) is 0. The largest absolute Gasteiger partial charge is 0.358 e. The number of hydrogen-bond donors (Lipinski definition) is 1. The summed E-state index contributed by atoms with van der Waals surface area (Å²) in [4.78, 5) is 4.36. The van der Waals surface area contributed by atoms with E-state index in [0.717, 1.165) is 15.0 Å². The highest BCUT2D eigenvalue weighted by molar-refractivity contribution is 9.10. The van der Waals surface area contributed by atoms with E-state index in [-0.39, 0.29) is 0 Å². The Kier molecular flexibility index (Phi) is 3.73. The Morgan fingerprint density at radius 1 is 1.64 bits per heavy atom. The summed E-state index contributed by atoms with van der Waals surface area (Å²) < 4.78 is 0.934. The van der Waals surface area contributed by atoms with Gasteiger partial charge in [0.15, 0.2) is 5.13 Å². The first-order valence-corrected chi connectivity index (χ1v) is 7.66. The molecule has 1 aliphatic carbocycles. The van der Waals surface area contributed by atoms with Gasteiger partial charge in [-0.3, -0.25) is 0 Å². The van der Waals surface area contributed by atoms with E-state index in [1.165, 1.54) is 19.3 Å². The number of anilines is 1. The first-order chi connectivity index (χ1) is 6.79. The van der Waals surface area contributed by atoms with E-state index >= 15 is 0 Å². The number of halogens is 1. The van der Waals surface area contributed by atoms with E-state index in [2.05, 4.69) is 32.5 Å². The van der Waals surface area contributed by atoms with E-state index in [1.807, 2.05) is 17.1 Å². The molecule has 0 amide bonds. The van der Waals surface area contributed by atoms with Crippen LogP contribution in [0.1, 0.15) is 19.3 Å². The minimum atomic E-state index is 0.614. The highest BCUT2D eigenvalue weighted by atomic mass is 79.9. The maximum atomic E-state index is 4.36. The molecule has 1 heterocycles. The number of nitrogens with one attached hydrogen (secondary N) is 1. The van der Waals surface area contributed by atoms with Gasteiger partial charge in [-0.25, -0.2) is 4.98 Å². The number of aromatic nitrogens is 1. The summed E-state index contributed by atoms with van der Waals surface area (Å²) in [6, 6.07) is 0.614. The van der Waals surface area contributed by atoms with E-state index in [9.17, 15) is 0 Å². The summed E-state index contributed by atoms with van der Waals surface area (Å²) in [5.41, 5.74) is 0. The Morgan fingerprint density at radius 2 is 2.50 bits per heavy atom. The fraction of sp³-hybridized carbons (Fsp3) is 0.667. The van der Waals surface area contributed by atoms with E-state index in [0.29, 0.717) is 6.04 Å². The van der Waals surface area contributed by atoms with Crippen molar-refractivity contribution in [1.82, 2.24) is 4.98 Å². The molecule has 1 fully saturated rings. The molecule has 1 aromatic rings. The molecule has 1 N–H and O–H groups in total. The lowest BCUT2D eigenvalue weighted by atomic mass is 10.2. The number of rotatable bonds is 3. The zero-order valence-corrected chi connectivity index (χ0v) is 11.2. The number of thiazole rings is 1. The van der Waals surface area contributed by atoms with Gasteiger partial charge in [0, 0.05) is 16.7 Å². The van der Waals surface area contributed by atoms with Crippen molar-refractivity contribution in [3.63, 3.8) is 0 Å². The lowest BCUT2D eigenvalue weighted by molar-refractivity contribution is 0.767. The molecule has 2 unspecified atom stereocenters. The van der Waals surface area contributed by atoms with Crippen molar-refractivity contribution >= 4 is 44.2 Å². The van der Waals surface area contributed by atoms with E-state index < -0.39 is 0 Å². The van der Waals surface area contributed by atoms with E-state index in [4.69, 9.17) is 0 Å². The zero-order chi connectivity index (χ0) is 9.97. The van der Waals surface area contributed by atoms with Crippen LogP contribution in [0, 0.1) is 0 Å². The van der Waals surface area contributed by atoms with Crippen LogP contribution in [0.2, 0.25) is 0 Å². The average Bonchev–Trinajstić information content (AvgIpc) is 2.76. The van der Waals surface area contributed by atoms with Crippen molar-refractivity contribution in [3.8, 4) is 0 Å². The molecule has 0 aliphatic heterocycles. The normalized spacial score (nSPS) is 26.7. The second-order valence-electron chi connectivity index (χ2n) is 3.43. The molecule has 2 rings (SSSR count). The SMILES string of the molecule is CSC1CCCC1Nc1nc(Br)cs1. The predicted octanol–water partition coefficient (Wildman–Crippen LogP) is 3.60. The Bertz CT molecular complexity index is 303. The smallest absolute Gasteiger partial charge is 0.183 e. The van der Waals surface area contributed by atoms with Crippen molar-refractivity contribution in [2.45, 2.75) is 30.6 Å². The topological polar surface area (TPSA) is 24.9 Å². The van der Waals surface area contributed by atoms with Gasteiger partial charge in [-0.05, 0) is 35.0 Å². The summed E-state index contributed by atoms with van der Waals surface area (Å²) in [7, 11) is 0. The van der Waals surface area contributed by atoms with Crippen LogP contribution in [0.5, 0.6) is 0 Å². The predicted molar refractivity (Wildman–Crippen MR) is 68.4 cm³/mol. The second kappa shape index (κ2) is 4.86. The molecule has 78 valence electrons. The van der Waals surface area contributed by atoms with Gasteiger partial charge in [0.2, 0.25) is 0 Å². The summed E-state index contributed by atoms with van der Waals surface area (Å²) in [5, 5.41) is 7.34. The fourth-order valence-corrected chi connectivity index (χ4v) is 3.99. The van der Waals surface area contributed by atoms with Crippen LogP contribution >= 0.6 is 39.0 Å². The van der Waals surface area contributed by atoms with Crippen LogP contribution in [0.25, 0.3) is 0 Å². The third-order valence-electron chi connectivity index (χ3n) is 2.54. The standard InChI is InChI=1S/C9H13BrN2S2/c1-13-7-4-2-3-6(7)11-9-12-8(10)5-14-9/h5-7H,2-4H2,1H3,(H,11,12). The van der Waals surface area contributed by atoms with Gasteiger partial charge < -0.3 is 5.32 Å². The molecule has 5 heteroatoms. The summed E-state index contributed by atoms with van der Waals surface area (Å²) in [6.07, 6.45) is 6.16. The number of hydrogen-bond acceptors (Lipinski definition) is 4. The third kappa shape index (κ3) is 2.44. The van der Waals surface area contributed by atoms with E-state index in [1.54, 1.807) is 11.3 Å². The highest BCUT2D eigenvalue weighted by Gasteiger charge is 2.26. The molecule has 0 aromatic carbocycles. The van der Waals surface area contributed by atoms with Crippen molar-refractivity contribution in [1.29, 1.82) is 0 Å². The van der Waals surface area contributed by atoms with Crippen LogP contribution in [0.3, 0.4) is 0 Å². The monoisotopic (exact) mass is 292 g/mol. The van der Waals surface area contributed by atoms with Crippen LogP contribution in [0.15, 0.2) is 9.98 Å². The maximum Gasteiger partial charge on any atom is 0.183 e. The van der Waals surface area contributed by atoms with Crippen molar-refractivity contribution in [3.05, 3.63) is 9.98 Å². The Hall–Kier alpha value is 0.260. The average molecular weight is 293 g/mol. The molecule has 14 heavy (non-hydrogen) atoms. The van der Waals surface area contributed by atoms with Crippen LogP contribution < -0.4 is 5.32 Å². The van der Waals surface area contributed by atoms with Gasteiger partial charge in [0.05, 0.1) is 0 Å². The molecule has 0 bridgehead atoms. The van der Waals surface area contributed by atoms with Gasteiger partial charge in [-0.15, -0.1) is 11.3 Å². The van der Waals surface area contributed by atoms with Crippen LogP contribution in [0.4, 0.5) is 5.13 Å². The quantitative estimate of drug-likeness (QED) is 0.921. The van der Waals surface area contributed by atoms with Crippen molar-refractivity contribution < 1.29 is 0 Å².